The molecular weight excluding hydrogens is 284 g/mol. The fourth-order valence-electron chi connectivity index (χ4n) is 2.95. The molecule has 5 heteroatoms. The minimum Gasteiger partial charge on any atom is -0.318 e. The lowest BCUT2D eigenvalue weighted by Crippen LogP contribution is -2.36. The van der Waals surface area contributed by atoms with Gasteiger partial charge in [-0.15, -0.1) is 12.4 Å². The van der Waals surface area contributed by atoms with E-state index in [0.29, 0.717) is 6.04 Å². The summed E-state index contributed by atoms with van der Waals surface area (Å²) in [6.45, 7) is 3.20. The molecule has 0 aliphatic carbocycles. The van der Waals surface area contributed by atoms with Gasteiger partial charge in [0.2, 0.25) is 0 Å². The minimum absolute atomic E-state index is 0. The van der Waals surface area contributed by atoms with E-state index in [4.69, 9.17) is 5.10 Å². The molecule has 2 heterocycles. The first kappa shape index (κ1) is 16.0. The van der Waals surface area contributed by atoms with Gasteiger partial charge >= 0.3 is 0 Å². The third-order valence-corrected chi connectivity index (χ3v) is 3.97. The number of hydrogen-bond donors (Lipinski definition) is 1. The normalized spacial score (nSPS) is 18.6. The summed E-state index contributed by atoms with van der Waals surface area (Å²) in [5, 5.41) is 7.98. The molecule has 2 aromatic rings. The molecule has 4 nitrogen and oxygen atoms in total. The minimum atomic E-state index is 0. The van der Waals surface area contributed by atoms with Gasteiger partial charge in [0.25, 0.3) is 0 Å². The fourth-order valence-corrected chi connectivity index (χ4v) is 2.95. The second kappa shape index (κ2) is 7.59. The highest BCUT2D eigenvalue weighted by Gasteiger charge is 2.24. The van der Waals surface area contributed by atoms with E-state index in [0.717, 1.165) is 24.5 Å². The zero-order valence-corrected chi connectivity index (χ0v) is 13.2. The Balaban J connectivity index is 0.00000161. The van der Waals surface area contributed by atoms with Gasteiger partial charge in [-0.3, -0.25) is 4.90 Å². The van der Waals surface area contributed by atoms with E-state index in [9.17, 15) is 0 Å². The molecule has 21 heavy (non-hydrogen) atoms. The number of benzene rings is 1. The zero-order valence-electron chi connectivity index (χ0n) is 12.4. The van der Waals surface area contributed by atoms with E-state index in [1.807, 2.05) is 36.1 Å². The van der Waals surface area contributed by atoms with Crippen molar-refractivity contribution in [1.29, 1.82) is 0 Å². The van der Waals surface area contributed by atoms with Gasteiger partial charge in [-0.2, -0.15) is 5.10 Å². The van der Waals surface area contributed by atoms with Crippen LogP contribution < -0.4 is 5.32 Å². The Bertz CT molecular complexity index is 540. The monoisotopic (exact) mass is 306 g/mol. The first-order valence-electron chi connectivity index (χ1n) is 7.35. The Labute approximate surface area is 132 Å². The first-order valence-corrected chi connectivity index (χ1v) is 7.35. The van der Waals surface area contributed by atoms with Gasteiger partial charge < -0.3 is 5.32 Å². The van der Waals surface area contributed by atoms with Gasteiger partial charge in [0, 0.05) is 25.3 Å². The van der Waals surface area contributed by atoms with Crippen molar-refractivity contribution >= 4 is 12.4 Å². The Hall–Kier alpha value is -1.36. The molecule has 0 bridgehead atoms. The molecule has 1 N–H and O–H groups in total. The third kappa shape index (κ3) is 3.84. The number of para-hydroxylation sites is 1. The summed E-state index contributed by atoms with van der Waals surface area (Å²) in [7, 11) is 2.03. The summed E-state index contributed by atoms with van der Waals surface area (Å²) in [6.07, 6.45) is 4.64. The van der Waals surface area contributed by atoms with Gasteiger partial charge in [-0.1, -0.05) is 18.2 Å². The highest BCUT2D eigenvalue weighted by Crippen LogP contribution is 2.19. The lowest BCUT2D eigenvalue weighted by atomic mass is 10.2. The Morgan fingerprint density at radius 2 is 2.05 bits per heavy atom. The van der Waals surface area contributed by atoms with Crippen LogP contribution in [0, 0.1) is 0 Å². The molecule has 1 aliphatic heterocycles. The number of likely N-dealkylation sites (N-methyl/N-ethyl adjacent to an activating group) is 1. The average molecular weight is 307 g/mol. The molecule has 1 aromatic carbocycles. The van der Waals surface area contributed by atoms with Crippen molar-refractivity contribution in [3.8, 4) is 5.69 Å². The van der Waals surface area contributed by atoms with Gasteiger partial charge in [0.05, 0.1) is 11.4 Å². The SMILES string of the molecule is CNCC1CCCN1Cc1ccn(-c2ccccc2)n1.Cl. The number of hydrogen-bond acceptors (Lipinski definition) is 3. The topological polar surface area (TPSA) is 33.1 Å². The van der Waals surface area contributed by atoms with E-state index in [1.54, 1.807) is 0 Å². The van der Waals surface area contributed by atoms with Crippen LogP contribution in [-0.2, 0) is 6.54 Å². The molecule has 1 saturated heterocycles. The number of nitrogens with one attached hydrogen (secondary N) is 1. The first-order chi connectivity index (χ1) is 9.86. The molecule has 114 valence electrons. The van der Waals surface area contributed by atoms with Gasteiger partial charge in [-0.25, -0.2) is 4.68 Å². The van der Waals surface area contributed by atoms with E-state index < -0.39 is 0 Å². The predicted molar refractivity (Wildman–Crippen MR) is 88.2 cm³/mol. The highest BCUT2D eigenvalue weighted by atomic mass is 35.5. The van der Waals surface area contributed by atoms with Crippen molar-refractivity contribution in [2.75, 3.05) is 20.1 Å². The number of nitrogens with zero attached hydrogens (tertiary/aromatic N) is 3. The summed E-state index contributed by atoms with van der Waals surface area (Å²) in [6, 6.07) is 13.1. The number of likely N-dealkylation sites (tertiary alicyclic amines) is 1. The van der Waals surface area contributed by atoms with Crippen molar-refractivity contribution < 1.29 is 0 Å². The number of rotatable bonds is 5. The largest absolute Gasteiger partial charge is 0.318 e. The molecule has 0 amide bonds. The Morgan fingerprint density at radius 1 is 1.24 bits per heavy atom. The summed E-state index contributed by atoms with van der Waals surface area (Å²) in [4.78, 5) is 2.54. The maximum Gasteiger partial charge on any atom is 0.0769 e. The van der Waals surface area contributed by atoms with Crippen LogP contribution in [-0.4, -0.2) is 40.9 Å². The van der Waals surface area contributed by atoms with Crippen LogP contribution in [0.2, 0.25) is 0 Å². The van der Waals surface area contributed by atoms with Crippen LogP contribution in [0.25, 0.3) is 5.69 Å². The van der Waals surface area contributed by atoms with Crippen LogP contribution >= 0.6 is 12.4 Å². The Kier molecular flexibility index (Phi) is 5.79. The van der Waals surface area contributed by atoms with Crippen molar-refractivity contribution in [1.82, 2.24) is 20.0 Å². The van der Waals surface area contributed by atoms with Gasteiger partial charge in [0.15, 0.2) is 0 Å². The molecule has 0 saturated carbocycles. The Morgan fingerprint density at radius 3 is 2.81 bits per heavy atom. The number of aromatic nitrogens is 2. The van der Waals surface area contributed by atoms with Crippen LogP contribution in [0.1, 0.15) is 18.5 Å². The van der Waals surface area contributed by atoms with Gasteiger partial charge in [0.1, 0.15) is 0 Å². The predicted octanol–water partition coefficient (Wildman–Crippen LogP) is 2.48. The number of halogens is 1. The van der Waals surface area contributed by atoms with Crippen LogP contribution in [0.4, 0.5) is 0 Å². The molecule has 1 atom stereocenters. The molecular formula is C16H23ClN4. The van der Waals surface area contributed by atoms with Crippen LogP contribution in [0.5, 0.6) is 0 Å². The molecule has 0 radical (unpaired) electrons. The summed E-state index contributed by atoms with van der Waals surface area (Å²) in [5.74, 6) is 0. The van der Waals surface area contributed by atoms with E-state index >= 15 is 0 Å². The van der Waals surface area contributed by atoms with E-state index in [2.05, 4.69) is 28.4 Å². The zero-order chi connectivity index (χ0) is 13.8. The average Bonchev–Trinajstić information content (AvgIpc) is 3.11. The maximum absolute atomic E-state index is 4.69. The highest BCUT2D eigenvalue weighted by molar-refractivity contribution is 5.85. The van der Waals surface area contributed by atoms with Crippen molar-refractivity contribution in [2.45, 2.75) is 25.4 Å². The van der Waals surface area contributed by atoms with Crippen LogP contribution in [0.3, 0.4) is 0 Å². The van der Waals surface area contributed by atoms with Gasteiger partial charge in [-0.05, 0) is 44.6 Å². The molecule has 1 aliphatic rings. The summed E-state index contributed by atoms with van der Waals surface area (Å²) < 4.78 is 1.96. The molecule has 0 spiro atoms. The van der Waals surface area contributed by atoms with E-state index in [-0.39, 0.29) is 12.4 Å². The van der Waals surface area contributed by atoms with Crippen LogP contribution in [0.15, 0.2) is 42.6 Å². The molecule has 1 unspecified atom stereocenters. The summed E-state index contributed by atoms with van der Waals surface area (Å²) >= 11 is 0. The smallest absolute Gasteiger partial charge is 0.0769 e. The van der Waals surface area contributed by atoms with Crippen molar-refractivity contribution in [2.24, 2.45) is 0 Å². The summed E-state index contributed by atoms with van der Waals surface area (Å²) in [5.41, 5.74) is 2.27. The second-order valence-electron chi connectivity index (χ2n) is 5.41. The van der Waals surface area contributed by atoms with E-state index in [1.165, 1.54) is 19.4 Å². The maximum atomic E-state index is 4.69. The lowest BCUT2D eigenvalue weighted by molar-refractivity contribution is 0.239. The quantitative estimate of drug-likeness (QED) is 0.921. The van der Waals surface area contributed by atoms with Crippen molar-refractivity contribution in [3.63, 3.8) is 0 Å². The molecule has 1 aromatic heterocycles. The third-order valence-electron chi connectivity index (χ3n) is 3.97. The molecule has 3 rings (SSSR count). The molecule has 1 fully saturated rings. The lowest BCUT2D eigenvalue weighted by Gasteiger charge is -2.23. The fraction of sp³-hybridized carbons (Fsp3) is 0.438. The standard InChI is InChI=1S/C16H22N4.ClH/c1-17-12-16-8-5-10-19(16)13-14-9-11-20(18-14)15-6-3-2-4-7-15;/h2-4,6-7,9,11,16-17H,5,8,10,12-13H2,1H3;1H. The van der Waals surface area contributed by atoms with Crippen molar-refractivity contribution in [3.05, 3.63) is 48.3 Å². The second-order valence-corrected chi connectivity index (χ2v) is 5.41.